The van der Waals surface area contributed by atoms with E-state index in [1.807, 2.05) is 37.3 Å². The first-order valence-electron chi connectivity index (χ1n) is 5.94. The smallest absolute Gasteiger partial charge is 0.382 e. The summed E-state index contributed by atoms with van der Waals surface area (Å²) in [5.74, 6) is 0. The van der Waals surface area contributed by atoms with Crippen molar-refractivity contribution in [3.63, 3.8) is 0 Å². The van der Waals surface area contributed by atoms with Crippen LogP contribution < -0.4 is 5.32 Å². The average molecular weight is 261 g/mol. The number of rotatable bonds is 7. The Balaban J connectivity index is 2.09. The predicted molar refractivity (Wildman–Crippen MR) is 65.6 cm³/mol. The molecule has 0 fully saturated rings. The Hall–Kier alpha value is -1.23. The topological polar surface area (TPSA) is 21.3 Å². The molecule has 2 nitrogen and oxygen atoms in total. The molecular weight excluding hydrogens is 243 g/mol. The molecule has 102 valence electrons. The maximum atomic E-state index is 11.9. The molecule has 0 aliphatic carbocycles. The molecule has 0 heterocycles. The van der Waals surface area contributed by atoms with Gasteiger partial charge in [0, 0.05) is 25.3 Å². The fourth-order valence-electron chi connectivity index (χ4n) is 1.43. The zero-order valence-electron chi connectivity index (χ0n) is 10.3. The third-order valence-electron chi connectivity index (χ3n) is 2.37. The monoisotopic (exact) mass is 261 g/mol. The summed E-state index contributed by atoms with van der Waals surface area (Å²) in [6.45, 7) is 2.55. The molecule has 0 amide bonds. The predicted octanol–water partition coefficient (Wildman–Crippen LogP) is 3.85. The number of halogens is 3. The number of hydrogen-bond acceptors (Lipinski definition) is 2. The number of hydrogen-bond donors (Lipinski definition) is 1. The fourth-order valence-corrected chi connectivity index (χ4v) is 1.43. The standard InChI is InChI=1S/C13H18F3NO/c1-11(18-9-5-8-13(14,15)16)10-17-12-6-3-2-4-7-12/h2-4,6-7,11,17H,5,8-10H2,1H3. The van der Waals surface area contributed by atoms with E-state index in [1.54, 1.807) is 0 Å². The van der Waals surface area contributed by atoms with E-state index in [0.717, 1.165) is 5.69 Å². The van der Waals surface area contributed by atoms with Gasteiger partial charge < -0.3 is 10.1 Å². The molecule has 0 aliphatic heterocycles. The van der Waals surface area contributed by atoms with Crippen molar-refractivity contribution >= 4 is 5.69 Å². The van der Waals surface area contributed by atoms with E-state index in [2.05, 4.69) is 5.32 Å². The van der Waals surface area contributed by atoms with E-state index < -0.39 is 12.6 Å². The SMILES string of the molecule is CC(CNc1ccccc1)OCCCC(F)(F)F. The van der Waals surface area contributed by atoms with Crippen LogP contribution in [-0.2, 0) is 4.74 Å². The number of ether oxygens (including phenoxy) is 1. The van der Waals surface area contributed by atoms with Crippen LogP contribution in [0.2, 0.25) is 0 Å². The van der Waals surface area contributed by atoms with Crippen molar-refractivity contribution < 1.29 is 17.9 Å². The van der Waals surface area contributed by atoms with Crippen LogP contribution >= 0.6 is 0 Å². The molecular formula is C13H18F3NO. The van der Waals surface area contributed by atoms with Gasteiger partial charge in [-0.25, -0.2) is 0 Å². The van der Waals surface area contributed by atoms with Crippen molar-refractivity contribution in [2.75, 3.05) is 18.5 Å². The van der Waals surface area contributed by atoms with Gasteiger partial charge in [0.25, 0.3) is 0 Å². The van der Waals surface area contributed by atoms with Gasteiger partial charge in [0.2, 0.25) is 0 Å². The molecule has 0 saturated heterocycles. The van der Waals surface area contributed by atoms with Crippen LogP contribution in [0.15, 0.2) is 30.3 Å². The average Bonchev–Trinajstić information content (AvgIpc) is 2.32. The highest BCUT2D eigenvalue weighted by Gasteiger charge is 2.26. The third kappa shape index (κ3) is 7.17. The number of benzene rings is 1. The van der Waals surface area contributed by atoms with Gasteiger partial charge in [0.05, 0.1) is 6.10 Å². The van der Waals surface area contributed by atoms with Crippen LogP contribution in [-0.4, -0.2) is 25.4 Å². The van der Waals surface area contributed by atoms with E-state index in [-0.39, 0.29) is 19.1 Å². The van der Waals surface area contributed by atoms with Crippen molar-refractivity contribution in [2.45, 2.75) is 32.0 Å². The Morgan fingerprint density at radius 2 is 1.89 bits per heavy atom. The summed E-state index contributed by atoms with van der Waals surface area (Å²) in [6.07, 6.45) is -4.97. The summed E-state index contributed by atoms with van der Waals surface area (Å²) in [5, 5.41) is 3.15. The third-order valence-corrected chi connectivity index (χ3v) is 2.37. The quantitative estimate of drug-likeness (QED) is 0.753. The minimum atomic E-state index is -4.09. The first-order valence-corrected chi connectivity index (χ1v) is 5.94. The van der Waals surface area contributed by atoms with E-state index >= 15 is 0 Å². The second kappa shape index (κ2) is 7.26. The Bertz CT molecular complexity index is 327. The summed E-state index contributed by atoms with van der Waals surface area (Å²) in [4.78, 5) is 0. The highest BCUT2D eigenvalue weighted by molar-refractivity contribution is 5.42. The van der Waals surface area contributed by atoms with E-state index in [4.69, 9.17) is 4.74 Å². The molecule has 0 spiro atoms. The molecule has 1 N–H and O–H groups in total. The molecule has 1 aromatic rings. The summed E-state index contributed by atoms with van der Waals surface area (Å²) in [5.41, 5.74) is 0.975. The molecule has 1 rings (SSSR count). The lowest BCUT2D eigenvalue weighted by molar-refractivity contribution is -0.138. The van der Waals surface area contributed by atoms with Crippen LogP contribution in [0, 0.1) is 0 Å². The number of nitrogens with one attached hydrogen (secondary N) is 1. The van der Waals surface area contributed by atoms with Crippen molar-refractivity contribution in [2.24, 2.45) is 0 Å². The number of anilines is 1. The first kappa shape index (κ1) is 14.8. The summed E-state index contributed by atoms with van der Waals surface area (Å²) >= 11 is 0. The van der Waals surface area contributed by atoms with E-state index in [1.165, 1.54) is 0 Å². The number of para-hydroxylation sites is 1. The number of alkyl halides is 3. The minimum absolute atomic E-state index is 0.0131. The second-order valence-electron chi connectivity index (χ2n) is 4.15. The molecule has 0 bridgehead atoms. The molecule has 5 heteroatoms. The molecule has 0 saturated carbocycles. The van der Waals surface area contributed by atoms with Crippen LogP contribution in [0.5, 0.6) is 0 Å². The molecule has 0 aromatic heterocycles. The molecule has 1 unspecified atom stereocenters. The maximum absolute atomic E-state index is 11.9. The van der Waals surface area contributed by atoms with Gasteiger partial charge >= 0.3 is 6.18 Å². The Morgan fingerprint density at radius 3 is 2.50 bits per heavy atom. The lowest BCUT2D eigenvalue weighted by Crippen LogP contribution is -2.21. The Labute approximate surface area is 105 Å². The fraction of sp³-hybridized carbons (Fsp3) is 0.538. The summed E-state index contributed by atoms with van der Waals surface area (Å²) < 4.78 is 40.9. The molecule has 1 aromatic carbocycles. The van der Waals surface area contributed by atoms with Gasteiger partial charge in [0.15, 0.2) is 0 Å². The van der Waals surface area contributed by atoms with E-state index in [9.17, 15) is 13.2 Å². The highest BCUT2D eigenvalue weighted by Crippen LogP contribution is 2.21. The van der Waals surface area contributed by atoms with Crippen LogP contribution in [0.3, 0.4) is 0 Å². The van der Waals surface area contributed by atoms with Crippen LogP contribution in [0.1, 0.15) is 19.8 Å². The lowest BCUT2D eigenvalue weighted by atomic mass is 10.3. The maximum Gasteiger partial charge on any atom is 0.389 e. The van der Waals surface area contributed by atoms with Crippen LogP contribution in [0.4, 0.5) is 18.9 Å². The molecule has 0 radical (unpaired) electrons. The van der Waals surface area contributed by atoms with Crippen molar-refractivity contribution in [3.8, 4) is 0 Å². The van der Waals surface area contributed by atoms with Gasteiger partial charge in [-0.15, -0.1) is 0 Å². The minimum Gasteiger partial charge on any atom is -0.382 e. The summed E-state index contributed by atoms with van der Waals surface area (Å²) in [7, 11) is 0. The van der Waals surface area contributed by atoms with Crippen molar-refractivity contribution in [3.05, 3.63) is 30.3 Å². The lowest BCUT2D eigenvalue weighted by Gasteiger charge is -2.15. The normalized spacial score (nSPS) is 13.3. The van der Waals surface area contributed by atoms with Gasteiger partial charge in [0.1, 0.15) is 0 Å². The van der Waals surface area contributed by atoms with Gasteiger partial charge in [-0.1, -0.05) is 18.2 Å². The molecule has 18 heavy (non-hydrogen) atoms. The van der Waals surface area contributed by atoms with Gasteiger partial charge in [-0.3, -0.25) is 0 Å². The Kier molecular flexibility index (Phi) is 5.98. The zero-order chi connectivity index (χ0) is 13.4. The first-order chi connectivity index (χ1) is 8.47. The molecule has 0 aliphatic rings. The molecule has 1 atom stereocenters. The van der Waals surface area contributed by atoms with Gasteiger partial charge in [-0.2, -0.15) is 13.2 Å². The van der Waals surface area contributed by atoms with Crippen LogP contribution in [0.25, 0.3) is 0 Å². The Morgan fingerprint density at radius 1 is 1.22 bits per heavy atom. The zero-order valence-corrected chi connectivity index (χ0v) is 10.3. The van der Waals surface area contributed by atoms with E-state index in [0.29, 0.717) is 6.54 Å². The largest absolute Gasteiger partial charge is 0.389 e. The van der Waals surface area contributed by atoms with Gasteiger partial charge in [-0.05, 0) is 25.5 Å². The second-order valence-corrected chi connectivity index (χ2v) is 4.15. The highest BCUT2D eigenvalue weighted by atomic mass is 19.4. The summed E-state index contributed by atoms with van der Waals surface area (Å²) in [6, 6.07) is 9.60. The van der Waals surface area contributed by atoms with Crippen molar-refractivity contribution in [1.29, 1.82) is 0 Å². The van der Waals surface area contributed by atoms with Crippen molar-refractivity contribution in [1.82, 2.24) is 0 Å².